The van der Waals surface area contributed by atoms with Gasteiger partial charge in [0.25, 0.3) is 5.91 Å². The van der Waals surface area contributed by atoms with Crippen LogP contribution in [-0.2, 0) is 21.7 Å². The molecule has 0 radical (unpaired) electrons. The summed E-state index contributed by atoms with van der Waals surface area (Å²) in [4.78, 5) is 13.6. The van der Waals surface area contributed by atoms with Crippen LogP contribution >= 0.6 is 0 Å². The quantitative estimate of drug-likeness (QED) is 0.213. The van der Waals surface area contributed by atoms with Crippen LogP contribution in [0.4, 0.5) is 5.69 Å². The van der Waals surface area contributed by atoms with Gasteiger partial charge in [0.05, 0.1) is 15.4 Å². The van der Waals surface area contributed by atoms with Gasteiger partial charge in [0.15, 0.2) is 0 Å². The van der Waals surface area contributed by atoms with Crippen LogP contribution in [0.2, 0.25) is 0 Å². The molecule has 0 aliphatic rings. The van der Waals surface area contributed by atoms with E-state index in [9.17, 15) is 23.4 Å². The highest BCUT2D eigenvalue weighted by Gasteiger charge is 2.27. The van der Waals surface area contributed by atoms with Crippen LogP contribution in [0.3, 0.4) is 0 Å². The van der Waals surface area contributed by atoms with Crippen molar-refractivity contribution in [1.82, 2.24) is 0 Å². The van der Waals surface area contributed by atoms with Crippen molar-refractivity contribution >= 4 is 21.4 Å². The Morgan fingerprint density at radius 2 is 1.46 bits per heavy atom. The maximum absolute atomic E-state index is 13.5. The van der Waals surface area contributed by atoms with E-state index >= 15 is 0 Å². The van der Waals surface area contributed by atoms with Crippen molar-refractivity contribution in [1.29, 1.82) is 0 Å². The van der Waals surface area contributed by atoms with Crippen molar-refractivity contribution in [3.63, 3.8) is 0 Å². The first-order chi connectivity index (χ1) is 19.2. The maximum Gasteiger partial charge on any atom is 0.259 e. The molecule has 4 aromatic rings. The lowest BCUT2D eigenvalue weighted by Crippen LogP contribution is -2.17. The number of nitrogens with one attached hydrogen (secondary N) is 1. The number of anilines is 1. The van der Waals surface area contributed by atoms with Gasteiger partial charge >= 0.3 is 0 Å². The Kier molecular flexibility index (Phi) is 8.31. The van der Waals surface area contributed by atoms with Crippen molar-refractivity contribution < 1.29 is 23.4 Å². The van der Waals surface area contributed by atoms with E-state index in [0.717, 1.165) is 16.7 Å². The highest BCUT2D eigenvalue weighted by molar-refractivity contribution is 7.91. The van der Waals surface area contributed by atoms with Crippen LogP contribution in [-0.4, -0.2) is 24.5 Å². The summed E-state index contributed by atoms with van der Waals surface area (Å²) in [5.74, 6) is -0.651. The fraction of sp³-hybridized carbons (Fsp3) is 0.265. The predicted molar refractivity (Wildman–Crippen MR) is 163 cm³/mol. The number of carbonyl (C=O) groups excluding carboxylic acids is 1. The average molecular weight is 572 g/mol. The Balaban J connectivity index is 1.62. The summed E-state index contributed by atoms with van der Waals surface area (Å²) >= 11 is 0. The minimum absolute atomic E-state index is 0.0214. The second-order valence-electron chi connectivity index (χ2n) is 11.7. The highest BCUT2D eigenvalue weighted by atomic mass is 32.2. The Morgan fingerprint density at radius 1 is 0.854 bits per heavy atom. The molecule has 0 fully saturated rings. The number of rotatable bonds is 7. The van der Waals surface area contributed by atoms with Crippen LogP contribution < -0.4 is 5.32 Å². The zero-order valence-electron chi connectivity index (χ0n) is 24.3. The van der Waals surface area contributed by atoms with Crippen molar-refractivity contribution in [2.75, 3.05) is 5.32 Å². The highest BCUT2D eigenvalue weighted by Crippen LogP contribution is 2.37. The molecule has 4 rings (SSSR count). The molecule has 0 bridgehead atoms. The number of amides is 1. The van der Waals surface area contributed by atoms with Crippen LogP contribution in [0.25, 0.3) is 0 Å². The first-order valence-corrected chi connectivity index (χ1v) is 15.1. The van der Waals surface area contributed by atoms with E-state index in [0.29, 0.717) is 17.7 Å². The fourth-order valence-electron chi connectivity index (χ4n) is 5.00. The molecule has 0 saturated heterocycles. The first kappa shape index (κ1) is 29.9. The van der Waals surface area contributed by atoms with E-state index in [2.05, 4.69) is 19.2 Å². The van der Waals surface area contributed by atoms with Gasteiger partial charge in [-0.25, -0.2) is 8.42 Å². The molecule has 0 spiro atoms. The zero-order valence-corrected chi connectivity index (χ0v) is 25.1. The van der Waals surface area contributed by atoms with Crippen molar-refractivity contribution in [3.8, 4) is 11.5 Å². The van der Waals surface area contributed by atoms with Crippen LogP contribution in [0.1, 0.15) is 78.7 Å². The van der Waals surface area contributed by atoms with Crippen molar-refractivity contribution in [2.45, 2.75) is 69.1 Å². The number of hydrogen-bond acceptors (Lipinski definition) is 5. The number of phenols is 2. The van der Waals surface area contributed by atoms with E-state index in [-0.39, 0.29) is 43.7 Å². The molecule has 0 aliphatic carbocycles. The van der Waals surface area contributed by atoms with Crippen LogP contribution in [0.5, 0.6) is 11.5 Å². The topological polar surface area (TPSA) is 104 Å². The van der Waals surface area contributed by atoms with Gasteiger partial charge in [0.1, 0.15) is 11.5 Å². The monoisotopic (exact) mass is 571 g/mol. The number of benzene rings is 4. The van der Waals surface area contributed by atoms with Crippen molar-refractivity contribution in [3.05, 3.63) is 112 Å². The molecule has 4 aromatic carbocycles. The lowest BCUT2D eigenvalue weighted by molar-refractivity contribution is 0.102. The summed E-state index contributed by atoms with van der Waals surface area (Å²) < 4.78 is 27.0. The first-order valence-electron chi connectivity index (χ1n) is 13.6. The standard InChI is InChI=1S/C34H37NO5S/c1-21(2)27-12-8-7-11-23(27)19-24-20-28(32(37)22(3)31(24)36)33(38)35-25-15-17-26(18-16-25)41(39,40)30-14-10-9-13-29(30)34(4,5)6/h7-18,20-21,36-37H,19H2,1-6H3,(H,35,38). The molecule has 3 N–H and O–H groups in total. The van der Waals surface area contributed by atoms with Crippen molar-refractivity contribution in [2.24, 2.45) is 0 Å². The Bertz CT molecular complexity index is 1700. The molecule has 0 aliphatic heterocycles. The van der Waals surface area contributed by atoms with Gasteiger partial charge in [0, 0.05) is 17.7 Å². The smallest absolute Gasteiger partial charge is 0.259 e. The van der Waals surface area contributed by atoms with Gasteiger partial charge < -0.3 is 15.5 Å². The summed E-state index contributed by atoms with van der Waals surface area (Å²) in [5.41, 5.74) is 3.66. The molecule has 6 nitrogen and oxygen atoms in total. The van der Waals surface area contributed by atoms with Gasteiger partial charge in [-0.2, -0.15) is 0 Å². The lowest BCUT2D eigenvalue weighted by Gasteiger charge is -2.22. The minimum Gasteiger partial charge on any atom is -0.507 e. The number of phenolic OH excluding ortho intramolecular Hbond substituents is 2. The summed E-state index contributed by atoms with van der Waals surface area (Å²) in [6.07, 6.45) is 0.393. The third-order valence-corrected chi connectivity index (χ3v) is 9.13. The normalized spacial score (nSPS) is 12.0. The second kappa shape index (κ2) is 11.4. The number of hydrogen-bond donors (Lipinski definition) is 3. The molecule has 214 valence electrons. The molecule has 41 heavy (non-hydrogen) atoms. The van der Waals surface area contributed by atoms with Crippen LogP contribution in [0.15, 0.2) is 88.7 Å². The SMILES string of the molecule is Cc1c(O)c(Cc2ccccc2C(C)C)cc(C(=O)Nc2ccc(S(=O)(=O)c3ccccc3C(C)(C)C)cc2)c1O. The molecule has 0 unspecified atom stereocenters. The summed E-state index contributed by atoms with van der Waals surface area (Å²) in [6.45, 7) is 11.7. The van der Waals surface area contributed by atoms with E-state index in [1.807, 2.05) is 57.2 Å². The molecule has 7 heteroatoms. The molecule has 0 saturated carbocycles. The van der Waals surface area contributed by atoms with Gasteiger partial charge in [-0.15, -0.1) is 0 Å². The van der Waals surface area contributed by atoms with Gasteiger partial charge in [-0.3, -0.25) is 4.79 Å². The van der Waals surface area contributed by atoms with Gasteiger partial charge in [0.2, 0.25) is 9.84 Å². The third kappa shape index (κ3) is 6.15. The molecular weight excluding hydrogens is 534 g/mol. The number of aromatic hydroxyl groups is 2. The van der Waals surface area contributed by atoms with E-state index in [1.54, 1.807) is 19.1 Å². The van der Waals surface area contributed by atoms with E-state index in [4.69, 9.17) is 0 Å². The lowest BCUT2D eigenvalue weighted by atomic mass is 9.87. The second-order valence-corrected chi connectivity index (χ2v) is 13.6. The minimum atomic E-state index is -3.79. The van der Waals surface area contributed by atoms with Crippen LogP contribution in [0, 0.1) is 6.92 Å². The maximum atomic E-state index is 13.5. The van der Waals surface area contributed by atoms with Gasteiger partial charge in [-0.1, -0.05) is 77.1 Å². The average Bonchev–Trinajstić information content (AvgIpc) is 2.93. The molecule has 1 amide bonds. The van der Waals surface area contributed by atoms with E-state index in [1.165, 1.54) is 30.3 Å². The Hall–Kier alpha value is -4.10. The summed E-state index contributed by atoms with van der Waals surface area (Å²) in [7, 11) is -3.79. The predicted octanol–water partition coefficient (Wildman–Crippen LogP) is 7.50. The molecular formula is C34H37NO5S. The Labute approximate surface area is 242 Å². The number of sulfone groups is 1. The third-order valence-electron chi connectivity index (χ3n) is 7.30. The Morgan fingerprint density at radius 3 is 2.10 bits per heavy atom. The zero-order chi connectivity index (χ0) is 30.1. The molecule has 0 atom stereocenters. The summed E-state index contributed by atoms with van der Waals surface area (Å²) in [6, 6.07) is 22.4. The largest absolute Gasteiger partial charge is 0.507 e. The number of carbonyl (C=O) groups is 1. The van der Waals surface area contributed by atoms with Gasteiger partial charge in [-0.05, 0) is 76.9 Å². The summed E-state index contributed by atoms with van der Waals surface area (Å²) in [5, 5.41) is 24.3. The fourth-order valence-corrected chi connectivity index (χ4v) is 6.67. The van der Waals surface area contributed by atoms with E-state index < -0.39 is 15.7 Å². The molecule has 0 aromatic heterocycles. The molecule has 0 heterocycles.